The zero-order valence-electron chi connectivity index (χ0n) is 9.33. The van der Waals surface area contributed by atoms with Crippen LogP contribution in [0.15, 0.2) is 10.6 Å². The lowest BCUT2D eigenvalue weighted by Gasteiger charge is -2.11. The van der Waals surface area contributed by atoms with Crippen molar-refractivity contribution < 1.29 is 9.21 Å². The number of carbonyl (C=O) groups excluding carboxylic acids is 1. The summed E-state index contributed by atoms with van der Waals surface area (Å²) in [6.07, 6.45) is 1.66. The molecule has 1 atom stereocenters. The van der Waals surface area contributed by atoms with E-state index in [1.165, 1.54) is 0 Å². The van der Waals surface area contributed by atoms with Crippen molar-refractivity contribution in [3.63, 3.8) is 0 Å². The molecule has 5 heteroatoms. The number of oxazole rings is 1. The van der Waals surface area contributed by atoms with E-state index in [2.05, 4.69) is 15.6 Å². The van der Waals surface area contributed by atoms with Gasteiger partial charge in [-0.2, -0.15) is 0 Å². The van der Waals surface area contributed by atoms with Crippen molar-refractivity contribution in [3.05, 3.63) is 17.8 Å². The summed E-state index contributed by atoms with van der Waals surface area (Å²) in [5.74, 6) is 1.36. The number of aromatic nitrogens is 1. The van der Waals surface area contributed by atoms with E-state index < -0.39 is 0 Å². The fourth-order valence-corrected chi connectivity index (χ4v) is 1.14. The molecular weight excluding hydrogens is 194 g/mol. The average Bonchev–Trinajstić information content (AvgIpc) is 2.61. The molecule has 0 aliphatic carbocycles. The number of amides is 1. The Hall–Kier alpha value is -1.36. The first-order chi connectivity index (χ1) is 7.13. The van der Waals surface area contributed by atoms with Gasteiger partial charge >= 0.3 is 0 Å². The van der Waals surface area contributed by atoms with Gasteiger partial charge in [0.15, 0.2) is 0 Å². The quantitative estimate of drug-likeness (QED) is 0.748. The van der Waals surface area contributed by atoms with Crippen LogP contribution in [-0.2, 0) is 11.3 Å². The van der Waals surface area contributed by atoms with Gasteiger partial charge in [-0.05, 0) is 20.8 Å². The SMILES string of the molecule is CCNC(=O)C(C)NCc1ncc(C)o1. The van der Waals surface area contributed by atoms with E-state index in [0.717, 1.165) is 5.76 Å². The normalized spacial score (nSPS) is 12.5. The Bertz CT molecular complexity index is 322. The monoisotopic (exact) mass is 211 g/mol. The minimum atomic E-state index is -0.239. The predicted molar refractivity (Wildman–Crippen MR) is 56.2 cm³/mol. The summed E-state index contributed by atoms with van der Waals surface area (Å²) in [7, 11) is 0. The molecule has 15 heavy (non-hydrogen) atoms. The molecule has 1 aromatic rings. The van der Waals surface area contributed by atoms with Crippen LogP contribution in [0.5, 0.6) is 0 Å². The molecule has 84 valence electrons. The van der Waals surface area contributed by atoms with Crippen LogP contribution in [0.2, 0.25) is 0 Å². The molecule has 0 spiro atoms. The lowest BCUT2D eigenvalue weighted by Crippen LogP contribution is -2.41. The van der Waals surface area contributed by atoms with Crippen LogP contribution in [0.3, 0.4) is 0 Å². The number of carbonyl (C=O) groups is 1. The number of likely N-dealkylation sites (N-methyl/N-ethyl adjacent to an activating group) is 1. The zero-order valence-corrected chi connectivity index (χ0v) is 9.33. The smallest absolute Gasteiger partial charge is 0.236 e. The molecule has 5 nitrogen and oxygen atoms in total. The Morgan fingerprint density at radius 3 is 2.93 bits per heavy atom. The highest BCUT2D eigenvalue weighted by molar-refractivity contribution is 5.81. The third-order valence-electron chi connectivity index (χ3n) is 1.97. The van der Waals surface area contributed by atoms with Crippen LogP contribution in [0.4, 0.5) is 0 Å². The van der Waals surface area contributed by atoms with Crippen molar-refractivity contribution in [2.24, 2.45) is 0 Å². The van der Waals surface area contributed by atoms with Crippen molar-refractivity contribution >= 4 is 5.91 Å². The molecule has 0 bridgehead atoms. The number of hydrogen-bond acceptors (Lipinski definition) is 4. The summed E-state index contributed by atoms with van der Waals surface area (Å²) < 4.78 is 5.27. The van der Waals surface area contributed by atoms with Crippen LogP contribution in [0, 0.1) is 6.92 Å². The molecule has 0 aliphatic heterocycles. The topological polar surface area (TPSA) is 67.2 Å². The van der Waals surface area contributed by atoms with Crippen molar-refractivity contribution in [2.45, 2.75) is 33.4 Å². The maximum atomic E-state index is 11.3. The van der Waals surface area contributed by atoms with Crippen LogP contribution < -0.4 is 10.6 Å². The van der Waals surface area contributed by atoms with Crippen LogP contribution >= 0.6 is 0 Å². The van der Waals surface area contributed by atoms with Gasteiger partial charge in [0.2, 0.25) is 11.8 Å². The van der Waals surface area contributed by atoms with Crippen molar-refractivity contribution in [1.82, 2.24) is 15.6 Å². The predicted octanol–water partition coefficient (Wildman–Crippen LogP) is 0.597. The summed E-state index contributed by atoms with van der Waals surface area (Å²) in [6.45, 7) is 6.64. The maximum absolute atomic E-state index is 11.3. The summed E-state index contributed by atoms with van der Waals surface area (Å²) in [6, 6.07) is -0.239. The molecule has 0 saturated carbocycles. The van der Waals surface area contributed by atoms with Gasteiger partial charge in [0.1, 0.15) is 5.76 Å². The van der Waals surface area contributed by atoms with Crippen molar-refractivity contribution in [3.8, 4) is 0 Å². The molecule has 0 saturated heterocycles. The number of aryl methyl sites for hydroxylation is 1. The third-order valence-corrected chi connectivity index (χ3v) is 1.97. The minimum Gasteiger partial charge on any atom is -0.445 e. The Kier molecular flexibility index (Phi) is 4.30. The lowest BCUT2D eigenvalue weighted by molar-refractivity contribution is -0.122. The van der Waals surface area contributed by atoms with Gasteiger partial charge in [0, 0.05) is 6.54 Å². The summed E-state index contributed by atoms with van der Waals surface area (Å²) in [4.78, 5) is 15.4. The highest BCUT2D eigenvalue weighted by Crippen LogP contribution is 2.00. The number of rotatable bonds is 5. The Morgan fingerprint density at radius 1 is 1.67 bits per heavy atom. The molecule has 1 unspecified atom stereocenters. The van der Waals surface area contributed by atoms with E-state index in [4.69, 9.17) is 4.42 Å². The number of nitrogens with one attached hydrogen (secondary N) is 2. The third kappa shape index (κ3) is 3.71. The highest BCUT2D eigenvalue weighted by atomic mass is 16.4. The molecule has 0 aromatic carbocycles. The Labute approximate surface area is 89.3 Å². The first-order valence-electron chi connectivity index (χ1n) is 5.06. The second-order valence-electron chi connectivity index (χ2n) is 3.36. The van der Waals surface area contributed by atoms with Crippen LogP contribution in [0.25, 0.3) is 0 Å². The van der Waals surface area contributed by atoms with Gasteiger partial charge in [-0.1, -0.05) is 0 Å². The largest absolute Gasteiger partial charge is 0.445 e. The van der Waals surface area contributed by atoms with Gasteiger partial charge < -0.3 is 9.73 Å². The van der Waals surface area contributed by atoms with Crippen LogP contribution in [0.1, 0.15) is 25.5 Å². The van der Waals surface area contributed by atoms with Crippen LogP contribution in [-0.4, -0.2) is 23.5 Å². The summed E-state index contributed by atoms with van der Waals surface area (Å²) in [5, 5.41) is 5.76. The standard InChI is InChI=1S/C10H17N3O2/c1-4-11-10(14)8(3)12-6-9-13-5-7(2)15-9/h5,8,12H,4,6H2,1-3H3,(H,11,14). The molecular formula is C10H17N3O2. The maximum Gasteiger partial charge on any atom is 0.236 e. The molecule has 1 aromatic heterocycles. The van der Waals surface area contributed by atoms with Gasteiger partial charge in [0.05, 0.1) is 18.8 Å². The highest BCUT2D eigenvalue weighted by Gasteiger charge is 2.11. The van der Waals surface area contributed by atoms with Crippen molar-refractivity contribution in [1.29, 1.82) is 0 Å². The van der Waals surface area contributed by atoms with Crippen molar-refractivity contribution in [2.75, 3.05) is 6.54 Å². The van der Waals surface area contributed by atoms with E-state index in [-0.39, 0.29) is 11.9 Å². The lowest BCUT2D eigenvalue weighted by atomic mass is 10.3. The average molecular weight is 211 g/mol. The molecule has 0 radical (unpaired) electrons. The number of nitrogens with zero attached hydrogens (tertiary/aromatic N) is 1. The first kappa shape index (κ1) is 11.7. The number of hydrogen-bond donors (Lipinski definition) is 2. The summed E-state index contributed by atoms with van der Waals surface area (Å²) >= 11 is 0. The van der Waals surface area contributed by atoms with E-state index in [9.17, 15) is 4.79 Å². The van der Waals surface area contributed by atoms with E-state index in [0.29, 0.717) is 19.0 Å². The van der Waals surface area contributed by atoms with E-state index >= 15 is 0 Å². The second-order valence-corrected chi connectivity index (χ2v) is 3.36. The fourth-order valence-electron chi connectivity index (χ4n) is 1.14. The first-order valence-corrected chi connectivity index (χ1v) is 5.06. The summed E-state index contributed by atoms with van der Waals surface area (Å²) in [5.41, 5.74) is 0. The minimum absolute atomic E-state index is 0.0132. The van der Waals surface area contributed by atoms with Gasteiger partial charge in [-0.25, -0.2) is 4.98 Å². The molecule has 1 heterocycles. The van der Waals surface area contributed by atoms with Gasteiger partial charge in [0.25, 0.3) is 0 Å². The van der Waals surface area contributed by atoms with Gasteiger partial charge in [-0.15, -0.1) is 0 Å². The van der Waals surface area contributed by atoms with E-state index in [1.54, 1.807) is 13.1 Å². The zero-order chi connectivity index (χ0) is 11.3. The Balaban J connectivity index is 2.33. The second kappa shape index (κ2) is 5.50. The van der Waals surface area contributed by atoms with E-state index in [1.807, 2.05) is 13.8 Å². The molecule has 0 fully saturated rings. The Morgan fingerprint density at radius 2 is 2.40 bits per heavy atom. The fraction of sp³-hybridized carbons (Fsp3) is 0.600. The molecule has 1 rings (SSSR count). The molecule has 2 N–H and O–H groups in total. The van der Waals surface area contributed by atoms with Gasteiger partial charge in [-0.3, -0.25) is 10.1 Å². The molecule has 1 amide bonds. The molecule has 0 aliphatic rings.